The maximum absolute atomic E-state index is 6.01. The predicted octanol–water partition coefficient (Wildman–Crippen LogP) is 2.90. The van der Waals surface area contributed by atoms with E-state index in [1.54, 1.807) is 0 Å². The van der Waals surface area contributed by atoms with Crippen molar-refractivity contribution in [2.24, 2.45) is 0 Å². The van der Waals surface area contributed by atoms with E-state index in [4.69, 9.17) is 9.47 Å². The summed E-state index contributed by atoms with van der Waals surface area (Å²) in [7, 11) is 0. The van der Waals surface area contributed by atoms with Crippen LogP contribution in [0.15, 0.2) is 54.6 Å². The van der Waals surface area contributed by atoms with Gasteiger partial charge in [0.05, 0.1) is 19.8 Å². The normalized spacial score (nSPS) is 15.0. The van der Waals surface area contributed by atoms with Crippen molar-refractivity contribution in [1.82, 2.24) is 10.3 Å². The average molecular weight is 341 g/mol. The molecule has 5 heteroatoms. The molecule has 2 N–H and O–H groups in total. The summed E-state index contributed by atoms with van der Waals surface area (Å²) in [6, 6.07) is 18.3. The molecule has 3 rings (SSSR count). The number of hydrogen-bond acceptors (Lipinski definition) is 5. The van der Waals surface area contributed by atoms with Gasteiger partial charge in [-0.1, -0.05) is 36.4 Å². The number of rotatable bonds is 9. The highest BCUT2D eigenvalue weighted by Crippen LogP contribution is 2.18. The van der Waals surface area contributed by atoms with E-state index in [0.717, 1.165) is 62.9 Å². The molecule has 2 aromatic rings. The Morgan fingerprint density at radius 2 is 1.72 bits per heavy atom. The first-order valence-electron chi connectivity index (χ1n) is 8.96. The van der Waals surface area contributed by atoms with Crippen molar-refractivity contribution >= 4 is 5.69 Å². The van der Waals surface area contributed by atoms with Crippen molar-refractivity contribution < 1.29 is 9.47 Å². The van der Waals surface area contributed by atoms with Gasteiger partial charge in [-0.05, 0) is 24.6 Å². The van der Waals surface area contributed by atoms with Crippen LogP contribution in [0, 0.1) is 0 Å². The summed E-state index contributed by atoms with van der Waals surface area (Å²) in [5, 5.41) is 0. The minimum absolute atomic E-state index is 0.703. The van der Waals surface area contributed by atoms with Gasteiger partial charge >= 0.3 is 0 Å². The fraction of sp³-hybridized carbons (Fsp3) is 0.400. The van der Waals surface area contributed by atoms with Crippen molar-refractivity contribution in [2.45, 2.75) is 13.0 Å². The summed E-state index contributed by atoms with van der Waals surface area (Å²) < 4.78 is 11.4. The second-order valence-electron chi connectivity index (χ2n) is 6.11. The number of nitrogens with zero attached hydrogens (tertiary/aromatic N) is 1. The second kappa shape index (κ2) is 10.0. The van der Waals surface area contributed by atoms with Gasteiger partial charge in [-0.25, -0.2) is 5.43 Å². The number of anilines is 1. The Kier molecular flexibility index (Phi) is 7.12. The first-order chi connectivity index (χ1) is 12.4. The first kappa shape index (κ1) is 17.7. The molecule has 25 heavy (non-hydrogen) atoms. The third-order valence-electron chi connectivity index (χ3n) is 4.24. The van der Waals surface area contributed by atoms with Crippen LogP contribution in [-0.4, -0.2) is 44.4 Å². The van der Waals surface area contributed by atoms with Gasteiger partial charge in [0.2, 0.25) is 0 Å². The molecule has 2 aromatic carbocycles. The third-order valence-corrected chi connectivity index (χ3v) is 4.24. The molecule has 0 aliphatic carbocycles. The number of ether oxygens (including phenoxy) is 2. The van der Waals surface area contributed by atoms with E-state index >= 15 is 0 Å². The SMILES string of the molecule is c1ccc(NNCc2ccccc2OCCCN2CCOCC2)cc1. The third kappa shape index (κ3) is 6.05. The molecule has 1 saturated heterocycles. The average Bonchev–Trinajstić information content (AvgIpc) is 2.68. The molecule has 0 atom stereocenters. The first-order valence-corrected chi connectivity index (χ1v) is 8.96. The lowest BCUT2D eigenvalue weighted by molar-refractivity contribution is 0.0358. The fourth-order valence-electron chi connectivity index (χ4n) is 2.85. The van der Waals surface area contributed by atoms with E-state index in [0.29, 0.717) is 6.54 Å². The Morgan fingerprint density at radius 3 is 2.56 bits per heavy atom. The maximum atomic E-state index is 6.01. The summed E-state index contributed by atoms with van der Waals surface area (Å²) in [5.74, 6) is 0.951. The molecule has 134 valence electrons. The lowest BCUT2D eigenvalue weighted by Crippen LogP contribution is -2.37. The molecule has 1 heterocycles. The second-order valence-corrected chi connectivity index (χ2v) is 6.11. The number of hydrogen-bond donors (Lipinski definition) is 2. The molecule has 0 radical (unpaired) electrons. The lowest BCUT2D eigenvalue weighted by Gasteiger charge is -2.26. The van der Waals surface area contributed by atoms with Gasteiger partial charge in [0.25, 0.3) is 0 Å². The summed E-state index contributed by atoms with van der Waals surface area (Å²) >= 11 is 0. The Morgan fingerprint density at radius 1 is 0.960 bits per heavy atom. The van der Waals surface area contributed by atoms with Crippen LogP contribution in [0.2, 0.25) is 0 Å². The maximum Gasteiger partial charge on any atom is 0.123 e. The zero-order valence-corrected chi connectivity index (χ0v) is 14.6. The molecule has 1 aliphatic rings. The van der Waals surface area contributed by atoms with Crippen molar-refractivity contribution in [3.63, 3.8) is 0 Å². The lowest BCUT2D eigenvalue weighted by atomic mass is 10.2. The minimum atomic E-state index is 0.703. The van der Waals surface area contributed by atoms with E-state index in [9.17, 15) is 0 Å². The van der Waals surface area contributed by atoms with Crippen LogP contribution in [-0.2, 0) is 11.3 Å². The Bertz CT molecular complexity index is 615. The zero-order chi connectivity index (χ0) is 17.2. The van der Waals surface area contributed by atoms with E-state index in [-0.39, 0.29) is 0 Å². The quantitative estimate of drug-likeness (QED) is 0.542. The van der Waals surface area contributed by atoms with Gasteiger partial charge in [0.1, 0.15) is 5.75 Å². The summed E-state index contributed by atoms with van der Waals surface area (Å²) in [6.45, 7) is 6.28. The molecular formula is C20H27N3O2. The zero-order valence-electron chi connectivity index (χ0n) is 14.6. The monoisotopic (exact) mass is 341 g/mol. The number of nitrogens with one attached hydrogen (secondary N) is 2. The summed E-state index contributed by atoms with van der Waals surface area (Å²) in [4.78, 5) is 2.43. The molecule has 0 unspecified atom stereocenters. The van der Waals surface area contributed by atoms with Gasteiger partial charge in [-0.2, -0.15) is 0 Å². The minimum Gasteiger partial charge on any atom is -0.493 e. The Labute approximate surface area is 149 Å². The van der Waals surface area contributed by atoms with Gasteiger partial charge in [0.15, 0.2) is 0 Å². The van der Waals surface area contributed by atoms with Gasteiger partial charge in [-0.3, -0.25) is 4.90 Å². The molecule has 1 aliphatic heterocycles. The van der Waals surface area contributed by atoms with Gasteiger partial charge in [0, 0.05) is 37.4 Å². The molecule has 5 nitrogen and oxygen atoms in total. The molecule has 0 spiro atoms. The van der Waals surface area contributed by atoms with Crippen LogP contribution in [0.5, 0.6) is 5.75 Å². The number of morpholine rings is 1. The summed E-state index contributed by atoms with van der Waals surface area (Å²) in [5.41, 5.74) is 8.65. The largest absolute Gasteiger partial charge is 0.493 e. The van der Waals surface area contributed by atoms with Crippen LogP contribution in [0.25, 0.3) is 0 Å². The molecule has 0 amide bonds. The van der Waals surface area contributed by atoms with E-state index in [1.807, 2.05) is 48.5 Å². The number of hydrazine groups is 1. The standard InChI is InChI=1S/C20H27N3O2/c1-2-8-19(9-3-1)22-21-17-18-7-4-5-10-20(18)25-14-6-11-23-12-15-24-16-13-23/h1-5,7-10,21-22H,6,11-17H2. The van der Waals surface area contributed by atoms with Crippen LogP contribution >= 0.6 is 0 Å². The van der Waals surface area contributed by atoms with Crippen molar-refractivity contribution in [2.75, 3.05) is 44.9 Å². The molecule has 0 saturated carbocycles. The van der Waals surface area contributed by atoms with Crippen molar-refractivity contribution in [3.8, 4) is 5.75 Å². The molecular weight excluding hydrogens is 314 g/mol. The summed E-state index contributed by atoms with van der Waals surface area (Å²) in [6.07, 6.45) is 1.03. The van der Waals surface area contributed by atoms with Crippen molar-refractivity contribution in [3.05, 3.63) is 60.2 Å². The van der Waals surface area contributed by atoms with Crippen LogP contribution in [0.3, 0.4) is 0 Å². The van der Waals surface area contributed by atoms with E-state index in [1.165, 1.54) is 0 Å². The van der Waals surface area contributed by atoms with Gasteiger partial charge in [-0.15, -0.1) is 0 Å². The fourth-order valence-corrected chi connectivity index (χ4v) is 2.85. The highest BCUT2D eigenvalue weighted by atomic mass is 16.5. The Hall–Kier alpha value is -2.08. The number of benzene rings is 2. The Balaban J connectivity index is 1.40. The molecule has 0 aromatic heterocycles. The predicted molar refractivity (Wildman–Crippen MR) is 101 cm³/mol. The molecule has 1 fully saturated rings. The van der Waals surface area contributed by atoms with Crippen molar-refractivity contribution in [1.29, 1.82) is 0 Å². The van der Waals surface area contributed by atoms with Crippen LogP contribution in [0.4, 0.5) is 5.69 Å². The smallest absolute Gasteiger partial charge is 0.123 e. The highest BCUT2D eigenvalue weighted by molar-refractivity contribution is 5.41. The van der Waals surface area contributed by atoms with E-state index in [2.05, 4.69) is 21.8 Å². The number of para-hydroxylation sites is 2. The topological polar surface area (TPSA) is 45.8 Å². The van der Waals surface area contributed by atoms with Crippen LogP contribution in [0.1, 0.15) is 12.0 Å². The van der Waals surface area contributed by atoms with Gasteiger partial charge < -0.3 is 14.9 Å². The molecule has 0 bridgehead atoms. The highest BCUT2D eigenvalue weighted by Gasteiger charge is 2.09. The van der Waals surface area contributed by atoms with E-state index < -0.39 is 0 Å². The van der Waals surface area contributed by atoms with Crippen LogP contribution < -0.4 is 15.6 Å².